The number of para-hydroxylation sites is 2. The van der Waals surface area contributed by atoms with E-state index in [-0.39, 0.29) is 0 Å². The van der Waals surface area contributed by atoms with Crippen molar-refractivity contribution in [3.63, 3.8) is 0 Å². The first-order valence-electron chi connectivity index (χ1n) is 5.99. The van der Waals surface area contributed by atoms with Crippen LogP contribution in [0.15, 0.2) is 48.1 Å². The largest absolute Gasteiger partial charge is 0.329 e. The molecule has 3 nitrogen and oxygen atoms in total. The number of rotatable bonds is 4. The lowest BCUT2D eigenvalue weighted by atomic mass is 10.2. The van der Waals surface area contributed by atoms with Crippen LogP contribution in [-0.4, -0.2) is 16.6 Å². The number of hydrogen-bond donors (Lipinski definition) is 1. The molecule has 0 spiro atoms. The predicted molar refractivity (Wildman–Crippen MR) is 75.9 cm³/mol. The van der Waals surface area contributed by atoms with Crippen molar-refractivity contribution in [2.75, 3.05) is 7.05 Å². The van der Waals surface area contributed by atoms with E-state index in [4.69, 9.17) is 0 Å². The minimum atomic E-state index is 0.336. The van der Waals surface area contributed by atoms with E-state index in [2.05, 4.69) is 44.5 Å². The van der Waals surface area contributed by atoms with E-state index in [1.807, 2.05) is 25.5 Å². The van der Waals surface area contributed by atoms with Crippen LogP contribution in [0, 0.1) is 0 Å². The Morgan fingerprint density at radius 2 is 2.17 bits per heavy atom. The molecular formula is C14H15N3S. The Kier molecular flexibility index (Phi) is 3.13. The fourth-order valence-corrected chi connectivity index (χ4v) is 2.99. The molecule has 0 fully saturated rings. The second-order valence-corrected chi connectivity index (χ2v) is 5.22. The van der Waals surface area contributed by atoms with Crippen LogP contribution < -0.4 is 5.32 Å². The topological polar surface area (TPSA) is 29.9 Å². The second kappa shape index (κ2) is 4.92. The molecule has 1 N–H and O–H groups in total. The first kappa shape index (κ1) is 11.4. The summed E-state index contributed by atoms with van der Waals surface area (Å²) in [5.41, 5.74) is 2.24. The van der Waals surface area contributed by atoms with Crippen LogP contribution >= 0.6 is 11.3 Å². The summed E-state index contributed by atoms with van der Waals surface area (Å²) >= 11 is 1.79. The molecule has 0 amide bonds. The molecule has 2 heterocycles. The number of nitrogens with one attached hydrogen (secondary N) is 1. The Bertz CT molecular complexity index is 627. The van der Waals surface area contributed by atoms with E-state index in [0.717, 1.165) is 12.1 Å². The van der Waals surface area contributed by atoms with Crippen LogP contribution in [0.25, 0.3) is 11.0 Å². The van der Waals surface area contributed by atoms with Gasteiger partial charge in [-0.3, -0.25) is 0 Å². The van der Waals surface area contributed by atoms with Gasteiger partial charge in [0.15, 0.2) is 0 Å². The maximum Gasteiger partial charge on any atom is 0.0958 e. The lowest BCUT2D eigenvalue weighted by Gasteiger charge is -2.15. The van der Waals surface area contributed by atoms with Crippen LogP contribution in [0.5, 0.6) is 0 Å². The molecule has 0 aliphatic rings. The maximum atomic E-state index is 4.43. The highest BCUT2D eigenvalue weighted by Crippen LogP contribution is 2.22. The third-order valence-electron chi connectivity index (χ3n) is 3.14. The van der Waals surface area contributed by atoms with Crippen LogP contribution in [0.1, 0.15) is 10.9 Å². The number of likely N-dealkylation sites (N-methyl/N-ethyl adjacent to an activating group) is 1. The molecule has 1 atom stereocenters. The summed E-state index contributed by atoms with van der Waals surface area (Å²) in [6, 6.07) is 12.8. The maximum absolute atomic E-state index is 4.43. The van der Waals surface area contributed by atoms with Gasteiger partial charge in [0.2, 0.25) is 0 Å². The molecule has 3 aromatic rings. The zero-order valence-electron chi connectivity index (χ0n) is 10.2. The minimum Gasteiger partial charge on any atom is -0.329 e. The first-order valence-corrected chi connectivity index (χ1v) is 6.87. The Hall–Kier alpha value is -1.65. The monoisotopic (exact) mass is 257 g/mol. The molecule has 2 aromatic heterocycles. The van der Waals surface area contributed by atoms with Gasteiger partial charge in [0.25, 0.3) is 0 Å². The summed E-state index contributed by atoms with van der Waals surface area (Å²) in [5, 5.41) is 5.49. The summed E-state index contributed by atoms with van der Waals surface area (Å²) in [4.78, 5) is 5.78. The van der Waals surface area contributed by atoms with Gasteiger partial charge in [0.05, 0.1) is 23.4 Å². The Labute approximate surface area is 110 Å². The van der Waals surface area contributed by atoms with Crippen molar-refractivity contribution in [1.82, 2.24) is 14.9 Å². The van der Waals surface area contributed by atoms with Crippen molar-refractivity contribution in [3.8, 4) is 0 Å². The molecule has 0 radical (unpaired) electrons. The normalized spacial score (nSPS) is 12.9. The highest BCUT2D eigenvalue weighted by Gasteiger charge is 2.12. The number of hydrogen-bond acceptors (Lipinski definition) is 3. The number of nitrogens with zero attached hydrogens (tertiary/aromatic N) is 2. The van der Waals surface area contributed by atoms with E-state index in [0.29, 0.717) is 6.04 Å². The highest BCUT2D eigenvalue weighted by molar-refractivity contribution is 7.10. The van der Waals surface area contributed by atoms with E-state index in [1.165, 1.54) is 10.4 Å². The van der Waals surface area contributed by atoms with Gasteiger partial charge in [-0.15, -0.1) is 11.3 Å². The summed E-state index contributed by atoms with van der Waals surface area (Å²) in [6.07, 6.45) is 1.92. The summed E-state index contributed by atoms with van der Waals surface area (Å²) in [7, 11) is 2.00. The summed E-state index contributed by atoms with van der Waals surface area (Å²) < 4.78 is 2.20. The SMILES string of the molecule is CNC(Cn1cnc2ccccc21)c1cccs1. The van der Waals surface area contributed by atoms with Crippen molar-refractivity contribution in [2.45, 2.75) is 12.6 Å². The standard InChI is InChI=1S/C14H15N3S/c1-15-12(14-7-4-8-18-14)9-17-10-16-11-5-2-3-6-13(11)17/h2-8,10,12,15H,9H2,1H3. The molecule has 3 rings (SSSR count). The van der Waals surface area contributed by atoms with Gasteiger partial charge in [0.1, 0.15) is 0 Å². The van der Waals surface area contributed by atoms with Crippen molar-refractivity contribution >= 4 is 22.4 Å². The van der Waals surface area contributed by atoms with Crippen molar-refractivity contribution < 1.29 is 0 Å². The molecule has 1 aromatic carbocycles. The minimum absolute atomic E-state index is 0.336. The van der Waals surface area contributed by atoms with Crippen LogP contribution in [0.3, 0.4) is 0 Å². The number of thiophene rings is 1. The second-order valence-electron chi connectivity index (χ2n) is 4.24. The van der Waals surface area contributed by atoms with Gasteiger partial charge in [-0.05, 0) is 30.6 Å². The average Bonchev–Trinajstić information content (AvgIpc) is 3.06. The fourth-order valence-electron chi connectivity index (χ4n) is 2.17. The third kappa shape index (κ3) is 2.05. The predicted octanol–water partition coefficient (Wildman–Crippen LogP) is 3.06. The highest BCUT2D eigenvalue weighted by atomic mass is 32.1. The van der Waals surface area contributed by atoms with Crippen LogP contribution in [0.2, 0.25) is 0 Å². The summed E-state index contributed by atoms with van der Waals surface area (Å²) in [6.45, 7) is 0.900. The van der Waals surface area contributed by atoms with E-state index < -0.39 is 0 Å². The Morgan fingerprint density at radius 3 is 2.94 bits per heavy atom. The van der Waals surface area contributed by atoms with Crippen molar-refractivity contribution in [2.24, 2.45) is 0 Å². The van der Waals surface area contributed by atoms with Crippen LogP contribution in [0.4, 0.5) is 0 Å². The van der Waals surface area contributed by atoms with Crippen LogP contribution in [-0.2, 0) is 6.54 Å². The van der Waals surface area contributed by atoms with E-state index in [9.17, 15) is 0 Å². The van der Waals surface area contributed by atoms with Gasteiger partial charge in [0, 0.05) is 11.4 Å². The Balaban J connectivity index is 1.91. The van der Waals surface area contributed by atoms with Gasteiger partial charge >= 0.3 is 0 Å². The van der Waals surface area contributed by atoms with Gasteiger partial charge in [-0.2, -0.15) is 0 Å². The van der Waals surface area contributed by atoms with Crippen molar-refractivity contribution in [1.29, 1.82) is 0 Å². The number of imidazole rings is 1. The quantitative estimate of drug-likeness (QED) is 0.778. The van der Waals surface area contributed by atoms with E-state index >= 15 is 0 Å². The van der Waals surface area contributed by atoms with Gasteiger partial charge < -0.3 is 9.88 Å². The smallest absolute Gasteiger partial charge is 0.0958 e. The first-order chi connectivity index (χ1) is 8.88. The zero-order chi connectivity index (χ0) is 12.4. The Morgan fingerprint density at radius 1 is 1.28 bits per heavy atom. The number of fused-ring (bicyclic) bond motifs is 1. The molecule has 0 aliphatic heterocycles. The van der Waals surface area contributed by atoms with Gasteiger partial charge in [-0.25, -0.2) is 4.98 Å². The molecule has 18 heavy (non-hydrogen) atoms. The molecule has 1 unspecified atom stereocenters. The molecule has 0 saturated carbocycles. The molecule has 4 heteroatoms. The number of benzene rings is 1. The fraction of sp³-hybridized carbons (Fsp3) is 0.214. The van der Waals surface area contributed by atoms with Gasteiger partial charge in [-0.1, -0.05) is 18.2 Å². The number of aromatic nitrogens is 2. The van der Waals surface area contributed by atoms with E-state index in [1.54, 1.807) is 11.3 Å². The lowest BCUT2D eigenvalue weighted by Crippen LogP contribution is -2.20. The summed E-state index contributed by atoms with van der Waals surface area (Å²) in [5.74, 6) is 0. The molecule has 0 aliphatic carbocycles. The third-order valence-corrected chi connectivity index (χ3v) is 4.13. The zero-order valence-corrected chi connectivity index (χ0v) is 11.0. The molecule has 0 saturated heterocycles. The molecule has 0 bridgehead atoms. The molecular weight excluding hydrogens is 242 g/mol. The molecule has 92 valence electrons. The average molecular weight is 257 g/mol. The lowest BCUT2D eigenvalue weighted by molar-refractivity contribution is 0.515. The van der Waals surface area contributed by atoms with Crippen molar-refractivity contribution in [3.05, 3.63) is 53.0 Å².